The topological polar surface area (TPSA) is 64.3 Å². The standard InChI is InChI=1S/C15H15ClN2O2/c1-9-7-12(17)14(20-2)8-13(9)18-15(19)10-3-5-11(16)6-4-10/h3-8H,17H2,1-2H3,(H,18,19). The maximum absolute atomic E-state index is 12.1. The van der Waals surface area contributed by atoms with E-state index in [9.17, 15) is 4.79 Å². The van der Waals surface area contributed by atoms with Crippen molar-refractivity contribution in [1.29, 1.82) is 0 Å². The Morgan fingerprint density at radius 3 is 2.50 bits per heavy atom. The summed E-state index contributed by atoms with van der Waals surface area (Å²) in [5.41, 5.74) is 8.40. The summed E-state index contributed by atoms with van der Waals surface area (Å²) >= 11 is 5.80. The molecule has 0 bridgehead atoms. The van der Waals surface area contributed by atoms with Crippen LogP contribution in [0.3, 0.4) is 0 Å². The van der Waals surface area contributed by atoms with Crippen molar-refractivity contribution in [3.8, 4) is 5.75 Å². The van der Waals surface area contributed by atoms with Gasteiger partial charge in [0.1, 0.15) is 5.75 Å². The average Bonchev–Trinajstić information content (AvgIpc) is 2.42. The van der Waals surface area contributed by atoms with Gasteiger partial charge in [-0.05, 0) is 42.8 Å². The van der Waals surface area contributed by atoms with Gasteiger partial charge >= 0.3 is 0 Å². The van der Waals surface area contributed by atoms with Crippen LogP contribution < -0.4 is 15.8 Å². The van der Waals surface area contributed by atoms with E-state index in [0.29, 0.717) is 27.7 Å². The molecule has 0 aromatic heterocycles. The van der Waals surface area contributed by atoms with Gasteiger partial charge in [0.05, 0.1) is 12.8 Å². The van der Waals surface area contributed by atoms with Gasteiger partial charge in [-0.1, -0.05) is 11.6 Å². The molecule has 0 unspecified atom stereocenters. The Morgan fingerprint density at radius 2 is 1.90 bits per heavy atom. The van der Waals surface area contributed by atoms with Crippen molar-refractivity contribution in [2.24, 2.45) is 0 Å². The van der Waals surface area contributed by atoms with Gasteiger partial charge in [-0.15, -0.1) is 0 Å². The number of halogens is 1. The lowest BCUT2D eigenvalue weighted by molar-refractivity contribution is 0.102. The molecule has 2 rings (SSSR count). The van der Waals surface area contributed by atoms with Gasteiger partial charge in [-0.25, -0.2) is 0 Å². The first-order valence-corrected chi connectivity index (χ1v) is 6.40. The van der Waals surface area contributed by atoms with Crippen LogP contribution in [0.4, 0.5) is 11.4 Å². The highest BCUT2D eigenvalue weighted by Crippen LogP contribution is 2.29. The van der Waals surface area contributed by atoms with E-state index in [2.05, 4.69) is 5.32 Å². The van der Waals surface area contributed by atoms with E-state index in [1.807, 2.05) is 6.92 Å². The lowest BCUT2D eigenvalue weighted by Gasteiger charge is -2.12. The third-order valence-corrected chi connectivity index (χ3v) is 3.18. The first-order valence-electron chi connectivity index (χ1n) is 6.02. The molecule has 104 valence electrons. The normalized spacial score (nSPS) is 10.2. The summed E-state index contributed by atoms with van der Waals surface area (Å²) in [6.07, 6.45) is 0. The van der Waals surface area contributed by atoms with Crippen molar-refractivity contribution in [3.05, 3.63) is 52.5 Å². The molecule has 0 aliphatic rings. The van der Waals surface area contributed by atoms with E-state index in [1.165, 1.54) is 7.11 Å². The van der Waals surface area contributed by atoms with Crippen molar-refractivity contribution in [2.45, 2.75) is 6.92 Å². The molecular formula is C15H15ClN2O2. The molecule has 0 aliphatic heterocycles. The summed E-state index contributed by atoms with van der Waals surface area (Å²) in [5.74, 6) is 0.318. The zero-order valence-corrected chi connectivity index (χ0v) is 12.0. The minimum absolute atomic E-state index is 0.211. The van der Waals surface area contributed by atoms with Crippen LogP contribution in [0, 0.1) is 6.92 Å². The Morgan fingerprint density at radius 1 is 1.25 bits per heavy atom. The Bertz CT molecular complexity index is 639. The minimum Gasteiger partial charge on any atom is -0.495 e. The number of ether oxygens (including phenoxy) is 1. The predicted molar refractivity (Wildman–Crippen MR) is 81.5 cm³/mol. The minimum atomic E-state index is -0.211. The van der Waals surface area contributed by atoms with E-state index >= 15 is 0 Å². The Balaban J connectivity index is 2.25. The summed E-state index contributed by atoms with van der Waals surface area (Å²) in [4.78, 5) is 12.1. The van der Waals surface area contributed by atoms with Gasteiger partial charge < -0.3 is 15.8 Å². The zero-order chi connectivity index (χ0) is 14.7. The summed E-state index contributed by atoms with van der Waals surface area (Å²) in [6.45, 7) is 1.87. The third-order valence-electron chi connectivity index (χ3n) is 2.93. The van der Waals surface area contributed by atoms with Crippen LogP contribution in [0.15, 0.2) is 36.4 Å². The number of hydrogen-bond donors (Lipinski definition) is 2. The number of aryl methyl sites for hydroxylation is 1. The van der Waals surface area contributed by atoms with Crippen molar-refractivity contribution < 1.29 is 9.53 Å². The average molecular weight is 291 g/mol. The van der Waals surface area contributed by atoms with Crippen LogP contribution in [-0.4, -0.2) is 13.0 Å². The number of nitrogens with one attached hydrogen (secondary N) is 1. The molecule has 0 aliphatic carbocycles. The van der Waals surface area contributed by atoms with E-state index in [1.54, 1.807) is 36.4 Å². The number of anilines is 2. The first-order chi connectivity index (χ1) is 9.51. The highest BCUT2D eigenvalue weighted by atomic mass is 35.5. The van der Waals surface area contributed by atoms with Gasteiger partial charge in [0, 0.05) is 22.3 Å². The lowest BCUT2D eigenvalue weighted by Crippen LogP contribution is -2.13. The van der Waals surface area contributed by atoms with E-state index < -0.39 is 0 Å². The molecule has 20 heavy (non-hydrogen) atoms. The molecule has 0 spiro atoms. The van der Waals surface area contributed by atoms with Gasteiger partial charge in [0.2, 0.25) is 0 Å². The second-order valence-corrected chi connectivity index (χ2v) is 4.81. The van der Waals surface area contributed by atoms with Crippen LogP contribution >= 0.6 is 11.6 Å². The number of amides is 1. The molecule has 0 saturated carbocycles. The van der Waals surface area contributed by atoms with Crippen molar-refractivity contribution in [2.75, 3.05) is 18.2 Å². The summed E-state index contributed by atoms with van der Waals surface area (Å²) < 4.78 is 5.15. The quantitative estimate of drug-likeness (QED) is 0.851. The summed E-state index contributed by atoms with van der Waals surface area (Å²) in [7, 11) is 1.53. The predicted octanol–water partition coefficient (Wildman–Crippen LogP) is 3.49. The molecule has 3 N–H and O–H groups in total. The number of carbonyl (C=O) groups is 1. The zero-order valence-electron chi connectivity index (χ0n) is 11.2. The third kappa shape index (κ3) is 3.03. The highest BCUT2D eigenvalue weighted by molar-refractivity contribution is 6.30. The Hall–Kier alpha value is -2.20. The molecule has 0 heterocycles. The first kappa shape index (κ1) is 14.2. The maximum Gasteiger partial charge on any atom is 0.255 e. The number of benzene rings is 2. The number of methoxy groups -OCH3 is 1. The molecule has 0 fully saturated rings. The highest BCUT2D eigenvalue weighted by Gasteiger charge is 2.10. The van der Waals surface area contributed by atoms with Crippen molar-refractivity contribution >= 4 is 28.9 Å². The van der Waals surface area contributed by atoms with Crippen molar-refractivity contribution in [1.82, 2.24) is 0 Å². The van der Waals surface area contributed by atoms with Crippen LogP contribution in [0.2, 0.25) is 5.02 Å². The SMILES string of the molecule is COc1cc(NC(=O)c2ccc(Cl)cc2)c(C)cc1N. The Labute approximate surface area is 122 Å². The fraction of sp³-hybridized carbons (Fsp3) is 0.133. The van der Waals surface area contributed by atoms with Gasteiger partial charge in [0.25, 0.3) is 5.91 Å². The van der Waals surface area contributed by atoms with Crippen LogP contribution in [0.25, 0.3) is 0 Å². The number of hydrogen-bond acceptors (Lipinski definition) is 3. The van der Waals surface area contributed by atoms with Gasteiger partial charge in [0.15, 0.2) is 0 Å². The van der Waals surface area contributed by atoms with E-state index in [-0.39, 0.29) is 5.91 Å². The molecule has 4 nitrogen and oxygen atoms in total. The van der Waals surface area contributed by atoms with Gasteiger partial charge in [-0.3, -0.25) is 4.79 Å². The van der Waals surface area contributed by atoms with Gasteiger partial charge in [-0.2, -0.15) is 0 Å². The number of carbonyl (C=O) groups excluding carboxylic acids is 1. The molecule has 2 aromatic carbocycles. The molecule has 0 atom stereocenters. The summed E-state index contributed by atoms with van der Waals surface area (Å²) in [5, 5.41) is 3.42. The molecule has 2 aromatic rings. The van der Waals surface area contributed by atoms with Crippen molar-refractivity contribution in [3.63, 3.8) is 0 Å². The second-order valence-electron chi connectivity index (χ2n) is 4.37. The van der Waals surface area contributed by atoms with E-state index in [0.717, 1.165) is 5.56 Å². The monoisotopic (exact) mass is 290 g/mol. The molecule has 0 radical (unpaired) electrons. The molecular weight excluding hydrogens is 276 g/mol. The number of rotatable bonds is 3. The smallest absolute Gasteiger partial charge is 0.255 e. The Kier molecular flexibility index (Phi) is 4.15. The van der Waals surface area contributed by atoms with E-state index in [4.69, 9.17) is 22.1 Å². The molecule has 5 heteroatoms. The molecule has 1 amide bonds. The number of nitrogens with two attached hydrogens (primary N) is 1. The number of nitrogen functional groups attached to an aromatic ring is 1. The second kappa shape index (κ2) is 5.84. The molecule has 0 saturated heterocycles. The van der Waals surface area contributed by atoms with Crippen LogP contribution in [-0.2, 0) is 0 Å². The van der Waals surface area contributed by atoms with Crippen LogP contribution in [0.1, 0.15) is 15.9 Å². The van der Waals surface area contributed by atoms with Crippen LogP contribution in [0.5, 0.6) is 5.75 Å². The lowest BCUT2D eigenvalue weighted by atomic mass is 10.1. The summed E-state index contributed by atoms with van der Waals surface area (Å²) in [6, 6.07) is 10.2. The largest absolute Gasteiger partial charge is 0.495 e. The maximum atomic E-state index is 12.1. The fourth-order valence-electron chi connectivity index (χ4n) is 1.82. The fourth-order valence-corrected chi connectivity index (χ4v) is 1.94.